The molecule has 2 aliphatic rings. The first-order valence-electron chi connectivity index (χ1n) is 9.63. The lowest BCUT2D eigenvalue weighted by molar-refractivity contribution is -0.858. The molecule has 1 atom stereocenters. The van der Waals surface area contributed by atoms with Gasteiger partial charge in [-0.15, -0.1) is 0 Å². The maximum atomic E-state index is 12.8. The minimum atomic E-state index is -0.742. The van der Waals surface area contributed by atoms with Crippen LogP contribution in [0.1, 0.15) is 16.8 Å². The van der Waals surface area contributed by atoms with Gasteiger partial charge in [0.1, 0.15) is 6.23 Å². The summed E-state index contributed by atoms with van der Waals surface area (Å²) >= 11 is 0. The number of quaternary nitrogens is 1. The van der Waals surface area contributed by atoms with Gasteiger partial charge < -0.3 is 34.6 Å². The highest BCUT2D eigenvalue weighted by Crippen LogP contribution is 2.33. The number of carbonyl (C=O) groups is 3. The molecule has 1 saturated heterocycles. The Bertz CT molecular complexity index is 769. The number of hydrogen-bond donors (Lipinski definition) is 3. The van der Waals surface area contributed by atoms with Crippen LogP contribution >= 0.6 is 0 Å². The van der Waals surface area contributed by atoms with Crippen LogP contribution in [0.3, 0.4) is 0 Å². The predicted octanol–water partition coefficient (Wildman–Crippen LogP) is -2.02. The number of rotatable bonds is 7. The van der Waals surface area contributed by atoms with Crippen LogP contribution in [0.25, 0.3) is 0 Å². The fraction of sp³-hybridized carbons (Fsp3) is 0.526. The van der Waals surface area contributed by atoms with E-state index >= 15 is 0 Å². The average molecular weight is 407 g/mol. The van der Waals surface area contributed by atoms with Gasteiger partial charge in [-0.3, -0.25) is 14.4 Å². The van der Waals surface area contributed by atoms with Crippen molar-refractivity contribution in [1.29, 1.82) is 0 Å². The van der Waals surface area contributed by atoms with Crippen LogP contribution in [0, 0.1) is 0 Å². The van der Waals surface area contributed by atoms with Gasteiger partial charge >= 0.3 is 11.8 Å². The molecule has 0 saturated carbocycles. The van der Waals surface area contributed by atoms with E-state index < -0.39 is 18.0 Å². The van der Waals surface area contributed by atoms with Gasteiger partial charge in [-0.25, -0.2) is 0 Å². The molecule has 3 rings (SSSR count). The molecule has 1 aromatic carbocycles. The highest BCUT2D eigenvalue weighted by molar-refractivity contribution is 6.35. The van der Waals surface area contributed by atoms with Crippen LogP contribution in [0.2, 0.25) is 0 Å². The normalized spacial score (nSPS) is 17.5. The van der Waals surface area contributed by atoms with E-state index in [2.05, 4.69) is 10.6 Å². The molecule has 1 fully saturated rings. The van der Waals surface area contributed by atoms with Gasteiger partial charge in [0.25, 0.3) is 5.91 Å². The van der Waals surface area contributed by atoms with Crippen molar-refractivity contribution in [2.24, 2.45) is 0 Å². The third-order valence-electron chi connectivity index (χ3n) is 4.65. The van der Waals surface area contributed by atoms with E-state index in [1.807, 2.05) is 14.1 Å². The van der Waals surface area contributed by atoms with E-state index in [1.54, 1.807) is 18.2 Å². The second kappa shape index (κ2) is 9.57. The molecule has 29 heavy (non-hydrogen) atoms. The van der Waals surface area contributed by atoms with Crippen molar-refractivity contribution >= 4 is 17.7 Å². The fourth-order valence-corrected chi connectivity index (χ4v) is 3.10. The van der Waals surface area contributed by atoms with Crippen molar-refractivity contribution in [2.75, 3.05) is 53.7 Å². The largest absolute Gasteiger partial charge is 0.454 e. The Morgan fingerprint density at radius 3 is 2.69 bits per heavy atom. The highest BCUT2D eigenvalue weighted by atomic mass is 16.7. The van der Waals surface area contributed by atoms with Gasteiger partial charge in [0.2, 0.25) is 6.79 Å². The summed E-state index contributed by atoms with van der Waals surface area (Å²) in [5.74, 6) is -0.552. The average Bonchev–Trinajstić information content (AvgIpc) is 3.36. The van der Waals surface area contributed by atoms with Crippen molar-refractivity contribution in [3.63, 3.8) is 0 Å². The van der Waals surface area contributed by atoms with Crippen LogP contribution < -0.4 is 25.0 Å². The fourth-order valence-electron chi connectivity index (χ4n) is 3.10. The summed E-state index contributed by atoms with van der Waals surface area (Å²) in [6.07, 6.45) is 0.146. The number of benzene rings is 1. The molecule has 2 heterocycles. The van der Waals surface area contributed by atoms with E-state index in [9.17, 15) is 14.4 Å². The molecule has 10 heteroatoms. The standard InChI is InChI=1S/C19H26N4O6/c1-22(2)7-3-6-20-17(24)18(25)21-11-16-23(8-9-27-16)19(26)13-4-5-14-15(10-13)29-12-28-14/h4-5,10,16H,3,6-9,11-12H2,1-2H3,(H,20,24)(H,21,25)/p+1/t16-/m0/s1. The summed E-state index contributed by atoms with van der Waals surface area (Å²) in [5.41, 5.74) is 0.442. The Balaban J connectivity index is 1.48. The Hall–Kier alpha value is -2.85. The number of carbonyl (C=O) groups excluding carboxylic acids is 3. The molecule has 0 spiro atoms. The summed E-state index contributed by atoms with van der Waals surface area (Å²) in [4.78, 5) is 39.5. The minimum Gasteiger partial charge on any atom is -0.454 e. The van der Waals surface area contributed by atoms with Crippen molar-refractivity contribution in [1.82, 2.24) is 15.5 Å². The maximum absolute atomic E-state index is 12.8. The van der Waals surface area contributed by atoms with E-state index in [0.29, 0.717) is 36.8 Å². The van der Waals surface area contributed by atoms with E-state index in [-0.39, 0.29) is 19.2 Å². The molecule has 0 bridgehead atoms. The summed E-state index contributed by atoms with van der Waals surface area (Å²) in [7, 11) is 4.04. The lowest BCUT2D eigenvalue weighted by Crippen LogP contribution is -3.05. The first-order chi connectivity index (χ1) is 14.0. The van der Waals surface area contributed by atoms with E-state index in [1.165, 1.54) is 9.80 Å². The number of nitrogens with one attached hydrogen (secondary N) is 3. The molecule has 10 nitrogen and oxygen atoms in total. The first kappa shape index (κ1) is 20.9. The van der Waals surface area contributed by atoms with Crippen molar-refractivity contribution in [2.45, 2.75) is 12.6 Å². The van der Waals surface area contributed by atoms with Gasteiger partial charge in [-0.05, 0) is 18.2 Å². The van der Waals surface area contributed by atoms with Crippen LogP contribution in [-0.4, -0.2) is 82.5 Å². The lowest BCUT2D eigenvalue weighted by atomic mass is 10.1. The minimum absolute atomic E-state index is 0.0321. The number of ether oxygens (including phenoxy) is 3. The summed E-state index contributed by atoms with van der Waals surface area (Å²) in [6, 6.07) is 4.97. The smallest absolute Gasteiger partial charge is 0.309 e. The molecule has 2 aliphatic heterocycles. The van der Waals surface area contributed by atoms with E-state index in [4.69, 9.17) is 14.2 Å². The van der Waals surface area contributed by atoms with Crippen molar-refractivity contribution in [3.8, 4) is 11.5 Å². The molecule has 0 radical (unpaired) electrons. The molecular weight excluding hydrogens is 380 g/mol. The molecule has 3 N–H and O–H groups in total. The maximum Gasteiger partial charge on any atom is 0.309 e. The molecule has 3 amide bonds. The van der Waals surface area contributed by atoms with E-state index in [0.717, 1.165) is 13.0 Å². The first-order valence-corrected chi connectivity index (χ1v) is 9.63. The molecule has 0 unspecified atom stereocenters. The van der Waals surface area contributed by atoms with Crippen LogP contribution in [0.5, 0.6) is 11.5 Å². The second-order valence-electron chi connectivity index (χ2n) is 7.17. The van der Waals surface area contributed by atoms with Gasteiger partial charge in [0.05, 0.1) is 33.8 Å². The van der Waals surface area contributed by atoms with Crippen LogP contribution in [0.15, 0.2) is 18.2 Å². The second-order valence-corrected chi connectivity index (χ2v) is 7.17. The molecule has 0 aliphatic carbocycles. The monoisotopic (exact) mass is 407 g/mol. The quantitative estimate of drug-likeness (QED) is 0.356. The molecule has 1 aromatic rings. The molecule has 0 aromatic heterocycles. The highest BCUT2D eigenvalue weighted by Gasteiger charge is 2.32. The zero-order chi connectivity index (χ0) is 20.8. The number of amides is 3. The molecular formula is C19H27N4O6+. The van der Waals surface area contributed by atoms with Gasteiger partial charge in [0.15, 0.2) is 11.5 Å². The van der Waals surface area contributed by atoms with Crippen molar-refractivity contribution in [3.05, 3.63) is 23.8 Å². The van der Waals surface area contributed by atoms with Crippen molar-refractivity contribution < 1.29 is 33.5 Å². The Morgan fingerprint density at radius 2 is 1.90 bits per heavy atom. The number of hydrogen-bond acceptors (Lipinski definition) is 6. The SMILES string of the molecule is C[NH+](C)CCCNC(=O)C(=O)NC[C@@H]1OCCN1C(=O)c1ccc2c(c1)OCO2. The van der Waals surface area contributed by atoms with Crippen LogP contribution in [0.4, 0.5) is 0 Å². The van der Waals surface area contributed by atoms with Crippen LogP contribution in [-0.2, 0) is 14.3 Å². The summed E-state index contributed by atoms with van der Waals surface area (Å²) < 4.78 is 16.1. The summed E-state index contributed by atoms with van der Waals surface area (Å²) in [6.45, 7) is 2.25. The lowest BCUT2D eigenvalue weighted by Gasteiger charge is -2.23. The Labute approximate surface area is 169 Å². The third-order valence-corrected chi connectivity index (χ3v) is 4.65. The zero-order valence-electron chi connectivity index (χ0n) is 16.7. The zero-order valence-corrected chi connectivity index (χ0v) is 16.7. The summed E-state index contributed by atoms with van der Waals surface area (Å²) in [5, 5.41) is 5.12. The number of fused-ring (bicyclic) bond motifs is 1. The van der Waals surface area contributed by atoms with Gasteiger partial charge in [0, 0.05) is 25.1 Å². The number of nitrogens with zero attached hydrogens (tertiary/aromatic N) is 1. The van der Waals surface area contributed by atoms with Gasteiger partial charge in [-0.1, -0.05) is 0 Å². The Morgan fingerprint density at radius 1 is 1.14 bits per heavy atom. The topological polar surface area (TPSA) is 111 Å². The predicted molar refractivity (Wildman–Crippen MR) is 102 cm³/mol. The molecule has 158 valence electrons. The third kappa shape index (κ3) is 5.36. The van der Waals surface area contributed by atoms with Gasteiger partial charge in [-0.2, -0.15) is 0 Å². The Kier molecular flexibility index (Phi) is 6.89.